The predicted molar refractivity (Wildman–Crippen MR) is 76.0 cm³/mol. The summed E-state index contributed by atoms with van der Waals surface area (Å²) >= 11 is 0. The van der Waals surface area contributed by atoms with Crippen molar-refractivity contribution >= 4 is 21.8 Å². The van der Waals surface area contributed by atoms with Crippen molar-refractivity contribution in [2.75, 3.05) is 6.54 Å². The van der Waals surface area contributed by atoms with Gasteiger partial charge in [-0.2, -0.15) is 9.30 Å². The smallest absolute Gasteiger partial charge is 0.211 e. The summed E-state index contributed by atoms with van der Waals surface area (Å²) in [6, 6.07) is 6.10. The maximum Gasteiger partial charge on any atom is 0.243 e. The molecule has 0 bridgehead atoms. The number of aliphatic imine (C=N–C) groups is 1. The highest BCUT2D eigenvalue weighted by atomic mass is 32.2. The average Bonchev–Trinajstić information content (AvgIpc) is 2.48. The van der Waals surface area contributed by atoms with Gasteiger partial charge in [0, 0.05) is 12.6 Å². The number of hydrogen-bond acceptors (Lipinski definition) is 4. The lowest BCUT2D eigenvalue weighted by atomic mass is 10.0. The number of isocyanates is 1. The first-order valence-corrected chi connectivity index (χ1v) is 8.23. The maximum absolute atomic E-state index is 12.6. The molecule has 1 saturated heterocycles. The number of piperidine rings is 1. The molecule has 2 rings (SSSR count). The molecule has 20 heavy (non-hydrogen) atoms. The fraction of sp³-hybridized carbons (Fsp3) is 0.500. The zero-order chi connectivity index (χ0) is 14.6. The van der Waals surface area contributed by atoms with E-state index in [1.165, 1.54) is 30.3 Å². The van der Waals surface area contributed by atoms with Gasteiger partial charge < -0.3 is 0 Å². The second-order valence-corrected chi connectivity index (χ2v) is 6.76. The van der Waals surface area contributed by atoms with Gasteiger partial charge in [0.2, 0.25) is 16.1 Å². The normalized spacial score (nSPS) is 20.4. The van der Waals surface area contributed by atoms with Gasteiger partial charge in [0.05, 0.1) is 10.6 Å². The van der Waals surface area contributed by atoms with Crippen LogP contribution in [-0.4, -0.2) is 31.4 Å². The van der Waals surface area contributed by atoms with E-state index < -0.39 is 10.0 Å². The van der Waals surface area contributed by atoms with E-state index in [-0.39, 0.29) is 10.9 Å². The third-order valence-electron chi connectivity index (χ3n) is 3.66. The lowest BCUT2D eigenvalue weighted by Crippen LogP contribution is -2.43. The van der Waals surface area contributed by atoms with Crippen LogP contribution in [-0.2, 0) is 14.8 Å². The fourth-order valence-electron chi connectivity index (χ4n) is 2.58. The standard InChI is InChI=1S/C14H18N2O3S/c1-2-13-5-3-4-10-16(13)20(18,19)14-8-6-12(7-9-14)15-11-17/h6-9,13H,2-5,10H2,1H3. The Labute approximate surface area is 119 Å². The predicted octanol–water partition coefficient (Wildman–Crippen LogP) is 2.61. The minimum Gasteiger partial charge on any atom is -0.211 e. The highest BCUT2D eigenvalue weighted by Gasteiger charge is 2.32. The topological polar surface area (TPSA) is 66.8 Å². The van der Waals surface area contributed by atoms with Gasteiger partial charge in [-0.3, -0.25) is 0 Å². The highest BCUT2D eigenvalue weighted by molar-refractivity contribution is 7.89. The Morgan fingerprint density at radius 2 is 2.00 bits per heavy atom. The monoisotopic (exact) mass is 294 g/mol. The Hall–Kier alpha value is -1.49. The van der Waals surface area contributed by atoms with Gasteiger partial charge >= 0.3 is 0 Å². The molecule has 1 aromatic rings. The van der Waals surface area contributed by atoms with E-state index in [0.29, 0.717) is 12.2 Å². The van der Waals surface area contributed by atoms with E-state index in [9.17, 15) is 13.2 Å². The highest BCUT2D eigenvalue weighted by Crippen LogP contribution is 2.27. The third kappa shape index (κ3) is 2.98. The van der Waals surface area contributed by atoms with Crippen molar-refractivity contribution in [3.05, 3.63) is 24.3 Å². The van der Waals surface area contributed by atoms with E-state index in [1.807, 2.05) is 6.92 Å². The minimum absolute atomic E-state index is 0.0847. The Morgan fingerprint density at radius 3 is 2.60 bits per heavy atom. The molecule has 0 N–H and O–H groups in total. The van der Waals surface area contributed by atoms with Crippen LogP contribution in [0.25, 0.3) is 0 Å². The second-order valence-electron chi connectivity index (χ2n) is 4.87. The van der Waals surface area contributed by atoms with Crippen LogP contribution in [0.4, 0.5) is 5.69 Å². The molecule has 0 aliphatic carbocycles. The number of nitrogens with zero attached hydrogens (tertiary/aromatic N) is 2. The molecule has 108 valence electrons. The summed E-state index contributed by atoms with van der Waals surface area (Å²) in [5.41, 5.74) is 0.407. The molecule has 0 aromatic heterocycles. The van der Waals surface area contributed by atoms with E-state index in [2.05, 4.69) is 4.99 Å². The molecule has 0 saturated carbocycles. The van der Waals surface area contributed by atoms with Crippen LogP contribution in [0.2, 0.25) is 0 Å². The van der Waals surface area contributed by atoms with Gasteiger partial charge in [-0.15, -0.1) is 0 Å². The van der Waals surface area contributed by atoms with E-state index in [4.69, 9.17) is 0 Å². The van der Waals surface area contributed by atoms with Crippen LogP contribution in [0.1, 0.15) is 32.6 Å². The van der Waals surface area contributed by atoms with E-state index in [1.54, 1.807) is 4.31 Å². The summed E-state index contributed by atoms with van der Waals surface area (Å²) < 4.78 is 26.9. The number of benzene rings is 1. The molecule has 5 nitrogen and oxygen atoms in total. The number of sulfonamides is 1. The third-order valence-corrected chi connectivity index (χ3v) is 5.63. The largest absolute Gasteiger partial charge is 0.243 e. The Kier molecular flexibility index (Phi) is 4.70. The van der Waals surface area contributed by atoms with Crippen LogP contribution in [0.15, 0.2) is 34.2 Å². The van der Waals surface area contributed by atoms with Gasteiger partial charge in [0.15, 0.2) is 0 Å². The molecule has 1 heterocycles. The van der Waals surface area contributed by atoms with Crippen LogP contribution >= 0.6 is 0 Å². The van der Waals surface area contributed by atoms with Crippen molar-refractivity contribution in [1.82, 2.24) is 4.31 Å². The molecule has 1 aliphatic heterocycles. The summed E-state index contributed by atoms with van der Waals surface area (Å²) in [6.07, 6.45) is 5.17. The minimum atomic E-state index is -3.46. The summed E-state index contributed by atoms with van der Waals surface area (Å²) in [6.45, 7) is 2.59. The van der Waals surface area contributed by atoms with Gasteiger partial charge in [-0.1, -0.05) is 13.3 Å². The van der Waals surface area contributed by atoms with Crippen LogP contribution in [0, 0.1) is 0 Å². The molecule has 1 unspecified atom stereocenters. The van der Waals surface area contributed by atoms with Crippen molar-refractivity contribution in [3.8, 4) is 0 Å². The molecular formula is C14H18N2O3S. The second kappa shape index (κ2) is 6.31. The van der Waals surface area contributed by atoms with Crippen molar-refractivity contribution in [2.24, 2.45) is 4.99 Å². The summed E-state index contributed by atoms with van der Waals surface area (Å²) in [5.74, 6) is 0. The summed E-state index contributed by atoms with van der Waals surface area (Å²) in [4.78, 5) is 13.9. The zero-order valence-corrected chi connectivity index (χ0v) is 12.3. The van der Waals surface area contributed by atoms with Crippen molar-refractivity contribution in [2.45, 2.75) is 43.5 Å². The molecule has 0 amide bonds. The van der Waals surface area contributed by atoms with Gasteiger partial charge in [-0.05, 0) is 43.5 Å². The lowest BCUT2D eigenvalue weighted by molar-refractivity contribution is 0.246. The molecular weight excluding hydrogens is 276 g/mol. The number of rotatable bonds is 4. The summed E-state index contributed by atoms with van der Waals surface area (Å²) in [7, 11) is -3.46. The molecule has 1 aromatic carbocycles. The van der Waals surface area contributed by atoms with Crippen molar-refractivity contribution < 1.29 is 13.2 Å². The molecule has 1 aliphatic rings. The van der Waals surface area contributed by atoms with Crippen molar-refractivity contribution in [1.29, 1.82) is 0 Å². The Morgan fingerprint density at radius 1 is 1.30 bits per heavy atom. The fourth-order valence-corrected chi connectivity index (χ4v) is 4.35. The zero-order valence-electron chi connectivity index (χ0n) is 11.4. The van der Waals surface area contributed by atoms with Crippen LogP contribution in [0.5, 0.6) is 0 Å². The maximum atomic E-state index is 12.6. The molecule has 1 atom stereocenters. The van der Waals surface area contributed by atoms with Crippen molar-refractivity contribution in [3.63, 3.8) is 0 Å². The van der Waals surface area contributed by atoms with E-state index >= 15 is 0 Å². The SMILES string of the molecule is CCC1CCCCN1S(=O)(=O)c1ccc(N=C=O)cc1. The first-order chi connectivity index (χ1) is 9.59. The summed E-state index contributed by atoms with van der Waals surface area (Å²) in [5, 5.41) is 0. The number of hydrogen-bond donors (Lipinski definition) is 0. The van der Waals surface area contributed by atoms with Crippen LogP contribution in [0.3, 0.4) is 0 Å². The van der Waals surface area contributed by atoms with Gasteiger partial charge in [-0.25, -0.2) is 13.2 Å². The lowest BCUT2D eigenvalue weighted by Gasteiger charge is -2.34. The average molecular weight is 294 g/mol. The number of carbonyl (C=O) groups excluding carboxylic acids is 1. The van der Waals surface area contributed by atoms with Gasteiger partial charge in [0.1, 0.15) is 0 Å². The molecule has 6 heteroatoms. The Balaban J connectivity index is 2.31. The molecule has 1 fully saturated rings. The Bertz CT molecular complexity index is 604. The molecule has 0 spiro atoms. The molecule has 0 radical (unpaired) electrons. The quantitative estimate of drug-likeness (QED) is 0.633. The van der Waals surface area contributed by atoms with Crippen LogP contribution < -0.4 is 0 Å². The van der Waals surface area contributed by atoms with E-state index in [0.717, 1.165) is 25.7 Å². The van der Waals surface area contributed by atoms with Gasteiger partial charge in [0.25, 0.3) is 0 Å². The first-order valence-electron chi connectivity index (χ1n) is 6.79. The first kappa shape index (κ1) is 14.9.